The molecule has 2 aromatic rings. The number of thiophene rings is 1. The van der Waals surface area contributed by atoms with Crippen LogP contribution in [0.3, 0.4) is 0 Å². The van der Waals surface area contributed by atoms with Gasteiger partial charge in [0.1, 0.15) is 10.0 Å². The van der Waals surface area contributed by atoms with Crippen LogP contribution in [-0.4, -0.2) is 8.42 Å². The molecule has 1 aromatic heterocycles. The molecule has 0 saturated heterocycles. The highest BCUT2D eigenvalue weighted by Crippen LogP contribution is 2.35. The van der Waals surface area contributed by atoms with Gasteiger partial charge in [0.25, 0.3) is 10.0 Å². The number of sulfonamides is 1. The summed E-state index contributed by atoms with van der Waals surface area (Å²) in [6.07, 6.45) is 0. The number of benzene rings is 1. The number of hydrogen-bond acceptors (Lipinski definition) is 4. The molecule has 0 aliphatic rings. The van der Waals surface area contributed by atoms with Gasteiger partial charge >= 0.3 is 0 Å². The lowest BCUT2D eigenvalue weighted by Crippen LogP contribution is -2.12. The van der Waals surface area contributed by atoms with Crippen molar-refractivity contribution in [2.24, 2.45) is 0 Å². The molecule has 0 amide bonds. The van der Waals surface area contributed by atoms with Gasteiger partial charge in [-0.1, -0.05) is 11.6 Å². The largest absolute Gasteiger partial charge is 0.276 e. The summed E-state index contributed by atoms with van der Waals surface area (Å²) in [5, 5.41) is 8.88. The van der Waals surface area contributed by atoms with Gasteiger partial charge in [0.15, 0.2) is 0 Å². The van der Waals surface area contributed by atoms with Crippen LogP contribution in [0.1, 0.15) is 5.56 Å². The third kappa shape index (κ3) is 3.12. The minimum atomic E-state index is -3.93. The minimum Gasteiger partial charge on any atom is -0.276 e. The molecule has 2 rings (SSSR count). The lowest BCUT2D eigenvalue weighted by Gasteiger charge is -2.07. The van der Waals surface area contributed by atoms with Crippen molar-refractivity contribution >= 4 is 54.6 Å². The third-order valence-electron chi connectivity index (χ3n) is 2.23. The van der Waals surface area contributed by atoms with E-state index in [0.29, 0.717) is 3.79 Å². The molecule has 0 bridgehead atoms. The fourth-order valence-electron chi connectivity index (χ4n) is 1.32. The van der Waals surface area contributed by atoms with Gasteiger partial charge in [-0.15, -0.1) is 11.3 Å². The summed E-state index contributed by atoms with van der Waals surface area (Å²) in [6, 6.07) is 6.49. The van der Waals surface area contributed by atoms with Crippen LogP contribution in [0.2, 0.25) is 5.02 Å². The van der Waals surface area contributed by atoms with Crippen LogP contribution in [0.5, 0.6) is 0 Å². The average molecular weight is 396 g/mol. The Kier molecular flexibility index (Phi) is 4.34. The predicted molar refractivity (Wildman–Crippen MR) is 79.0 cm³/mol. The van der Waals surface area contributed by atoms with Crippen LogP contribution >= 0.6 is 38.9 Å². The predicted octanol–water partition coefficient (Wildman–Crippen LogP) is 3.98. The zero-order valence-electron chi connectivity index (χ0n) is 9.52. The minimum absolute atomic E-state index is 0.0434. The molecule has 0 aliphatic carbocycles. The van der Waals surface area contributed by atoms with Crippen molar-refractivity contribution in [3.8, 4) is 6.07 Å². The van der Waals surface area contributed by atoms with E-state index in [4.69, 9.17) is 16.9 Å². The number of nitrogens with one attached hydrogen (secondary N) is 1. The normalized spacial score (nSPS) is 11.1. The smallest absolute Gasteiger partial charge is 0.271 e. The van der Waals surface area contributed by atoms with E-state index in [1.165, 1.54) is 18.2 Å². The Morgan fingerprint density at radius 2 is 2.10 bits per heavy atom. The molecule has 0 unspecified atom stereocenters. The quantitative estimate of drug-likeness (QED) is 0.854. The SMILES string of the molecule is N#Cc1ccc(NS(=O)(=O)c2cc(Cl)c(Br)s2)c(F)c1. The van der Waals surface area contributed by atoms with Gasteiger partial charge in [0, 0.05) is 0 Å². The summed E-state index contributed by atoms with van der Waals surface area (Å²) in [5.41, 5.74) is -0.128. The van der Waals surface area contributed by atoms with Crippen molar-refractivity contribution in [2.45, 2.75) is 4.21 Å². The van der Waals surface area contributed by atoms with E-state index in [1.807, 2.05) is 0 Å². The Balaban J connectivity index is 2.36. The molecule has 20 heavy (non-hydrogen) atoms. The topological polar surface area (TPSA) is 70.0 Å². The van der Waals surface area contributed by atoms with Gasteiger partial charge in [0.2, 0.25) is 0 Å². The summed E-state index contributed by atoms with van der Waals surface area (Å²) in [5.74, 6) is -0.825. The highest BCUT2D eigenvalue weighted by atomic mass is 79.9. The highest BCUT2D eigenvalue weighted by Gasteiger charge is 2.20. The molecule has 1 aromatic carbocycles. The van der Waals surface area contributed by atoms with Crippen molar-refractivity contribution in [3.63, 3.8) is 0 Å². The molecule has 1 N–H and O–H groups in total. The first kappa shape index (κ1) is 15.3. The summed E-state index contributed by atoms with van der Waals surface area (Å²) in [6.45, 7) is 0. The van der Waals surface area contributed by atoms with Crippen molar-refractivity contribution < 1.29 is 12.8 Å². The van der Waals surface area contributed by atoms with Gasteiger partial charge < -0.3 is 0 Å². The van der Waals surface area contributed by atoms with Gasteiger partial charge in [0.05, 0.1) is 26.1 Å². The van der Waals surface area contributed by atoms with Crippen molar-refractivity contribution in [2.75, 3.05) is 4.72 Å². The Morgan fingerprint density at radius 1 is 1.40 bits per heavy atom. The van der Waals surface area contributed by atoms with Crippen LogP contribution in [0.25, 0.3) is 0 Å². The second kappa shape index (κ2) is 5.69. The van der Waals surface area contributed by atoms with Crippen molar-refractivity contribution in [1.29, 1.82) is 5.26 Å². The zero-order valence-corrected chi connectivity index (χ0v) is 13.5. The highest BCUT2D eigenvalue weighted by molar-refractivity contribution is 9.11. The molecule has 0 saturated carbocycles. The maximum Gasteiger partial charge on any atom is 0.271 e. The van der Waals surface area contributed by atoms with E-state index >= 15 is 0 Å². The van der Waals surface area contributed by atoms with Gasteiger partial charge in [-0.25, -0.2) is 12.8 Å². The van der Waals surface area contributed by atoms with Gasteiger partial charge in [-0.3, -0.25) is 4.72 Å². The first-order chi connectivity index (χ1) is 9.33. The molecular formula is C11H5BrClFN2O2S2. The van der Waals surface area contributed by atoms with Crippen LogP contribution in [0.15, 0.2) is 32.3 Å². The van der Waals surface area contributed by atoms with E-state index in [1.54, 1.807) is 6.07 Å². The Morgan fingerprint density at radius 3 is 2.60 bits per heavy atom. The molecular weight excluding hydrogens is 391 g/mol. The molecule has 0 radical (unpaired) electrons. The van der Waals surface area contributed by atoms with Gasteiger partial charge in [-0.2, -0.15) is 5.26 Å². The molecule has 0 aliphatic heterocycles. The Hall–Kier alpha value is -1.14. The van der Waals surface area contributed by atoms with E-state index < -0.39 is 15.8 Å². The Labute approximate surface area is 132 Å². The van der Waals surface area contributed by atoms with Crippen molar-refractivity contribution in [3.05, 3.63) is 44.5 Å². The molecule has 0 fully saturated rings. The molecule has 0 spiro atoms. The fraction of sp³-hybridized carbons (Fsp3) is 0. The summed E-state index contributed by atoms with van der Waals surface area (Å²) < 4.78 is 40.3. The molecule has 104 valence electrons. The number of anilines is 1. The standard InChI is InChI=1S/C11H5BrClFN2O2S2/c12-11-7(13)4-10(19-11)20(17,18)16-9-2-1-6(5-15)3-8(9)14/h1-4,16H. The number of nitrogens with zero attached hydrogens (tertiary/aromatic N) is 1. The van der Waals surface area contributed by atoms with Crippen LogP contribution in [0.4, 0.5) is 10.1 Å². The number of hydrogen-bond donors (Lipinski definition) is 1. The average Bonchev–Trinajstić information content (AvgIpc) is 2.73. The molecule has 0 atom stereocenters. The van der Waals surface area contributed by atoms with E-state index in [9.17, 15) is 12.8 Å². The fourth-order valence-corrected chi connectivity index (χ4v) is 4.79. The van der Waals surface area contributed by atoms with E-state index in [0.717, 1.165) is 17.4 Å². The Bertz CT molecular complexity index is 795. The monoisotopic (exact) mass is 394 g/mol. The van der Waals surface area contributed by atoms with Gasteiger partial charge in [-0.05, 0) is 40.2 Å². The second-order valence-corrected chi connectivity index (χ2v) is 8.29. The molecule has 1 heterocycles. The third-order valence-corrected chi connectivity index (χ3v) is 6.54. The number of halogens is 3. The molecule has 9 heteroatoms. The van der Waals surface area contributed by atoms with E-state index in [-0.39, 0.29) is 20.5 Å². The molecule has 4 nitrogen and oxygen atoms in total. The maximum absolute atomic E-state index is 13.7. The van der Waals surface area contributed by atoms with Crippen molar-refractivity contribution in [1.82, 2.24) is 0 Å². The first-order valence-corrected chi connectivity index (χ1v) is 8.48. The summed E-state index contributed by atoms with van der Waals surface area (Å²) in [7, 11) is -3.93. The maximum atomic E-state index is 13.7. The lowest BCUT2D eigenvalue weighted by molar-refractivity contribution is 0.600. The van der Waals surface area contributed by atoms with Crippen LogP contribution in [-0.2, 0) is 10.0 Å². The number of nitriles is 1. The zero-order chi connectivity index (χ0) is 14.9. The van der Waals surface area contributed by atoms with Crippen LogP contribution < -0.4 is 4.72 Å². The summed E-state index contributed by atoms with van der Waals surface area (Å²) in [4.78, 5) is 0. The number of rotatable bonds is 3. The van der Waals surface area contributed by atoms with E-state index in [2.05, 4.69) is 20.7 Å². The first-order valence-electron chi connectivity index (χ1n) is 5.01. The summed E-state index contributed by atoms with van der Waals surface area (Å²) >= 11 is 9.80. The lowest BCUT2D eigenvalue weighted by atomic mass is 10.2. The van der Waals surface area contributed by atoms with Crippen LogP contribution in [0, 0.1) is 17.1 Å². The second-order valence-electron chi connectivity index (χ2n) is 3.60.